The average Bonchev–Trinajstić information content (AvgIpc) is 3.05. The minimum absolute atomic E-state index is 0.0818. The Kier molecular flexibility index (Phi) is 13.3. The third kappa shape index (κ3) is 11.7. The highest BCUT2D eigenvalue weighted by Gasteiger charge is 2.28. The second-order valence-corrected chi connectivity index (χ2v) is 23.3. The zero-order valence-corrected chi connectivity index (χ0v) is 33.9. The lowest BCUT2D eigenvalue weighted by atomic mass is 10.1. The van der Waals surface area contributed by atoms with Crippen LogP contribution >= 0.6 is 0 Å². The fraction of sp³-hybridized carbons (Fsp3) is 0.154. The summed E-state index contributed by atoms with van der Waals surface area (Å²) in [5.74, 6) is -2.55. The van der Waals surface area contributed by atoms with Crippen LogP contribution in [0.2, 0.25) is 0 Å². The topological polar surface area (TPSA) is 366 Å². The van der Waals surface area contributed by atoms with Crippen LogP contribution < -0.4 is 5.73 Å². The van der Waals surface area contributed by atoms with Crippen LogP contribution in [-0.4, -0.2) is 90.1 Å². The van der Waals surface area contributed by atoms with Crippen molar-refractivity contribution < 1.29 is 73.8 Å². The minimum Gasteiger partial charge on any atom is -0.505 e. The molecule has 0 atom stereocenters. The Bertz CT molecular complexity index is 2740. The summed E-state index contributed by atoms with van der Waals surface area (Å²) in [5.41, 5.74) is 3.50. The molecular weight excluding hydrogens is 911 g/mol. The normalized spacial score (nSPS) is 13.6. The Labute approximate surface area is 328 Å². The predicted molar refractivity (Wildman–Crippen MR) is 203 cm³/mol. The number of sulfone groups is 2. The number of phenolic OH excluding ortho intramolecular Hbond substituents is 1. The lowest BCUT2D eigenvalue weighted by Crippen LogP contribution is -2.15. The summed E-state index contributed by atoms with van der Waals surface area (Å²) >= 11 is 8.99. The molecule has 56 heavy (non-hydrogen) atoms. The van der Waals surface area contributed by atoms with Crippen molar-refractivity contribution in [3.8, 4) is 5.75 Å². The van der Waals surface area contributed by atoms with Crippen molar-refractivity contribution in [3.05, 3.63) is 60.7 Å². The highest BCUT2D eigenvalue weighted by Crippen LogP contribution is 2.48. The van der Waals surface area contributed by atoms with E-state index < -0.39 is 126 Å². The first-order valence-corrected chi connectivity index (χ1v) is 25.3. The number of rotatable bonds is 16. The van der Waals surface area contributed by atoms with Crippen molar-refractivity contribution in [1.29, 1.82) is 0 Å². The van der Waals surface area contributed by atoms with Crippen molar-refractivity contribution in [2.45, 2.75) is 19.6 Å². The molecule has 7 N–H and O–H groups in total. The van der Waals surface area contributed by atoms with E-state index >= 15 is 0 Å². The summed E-state index contributed by atoms with van der Waals surface area (Å²) in [7, 11) is -26.7. The molecule has 4 rings (SSSR count). The van der Waals surface area contributed by atoms with Crippen LogP contribution in [0.4, 0.5) is 28.4 Å². The number of benzene rings is 4. The average molecular weight is 936 g/mol. The number of nitrogens with two attached hydrogens (primary N) is 1. The number of nitrogens with zero attached hydrogens (tertiary/aromatic N) is 4. The predicted octanol–water partition coefficient (Wildman–Crippen LogP) is 3.30. The molecule has 0 amide bonds. The van der Waals surface area contributed by atoms with Gasteiger partial charge in [-0.25, -0.2) is 21.0 Å². The fourth-order valence-electron chi connectivity index (χ4n) is 4.49. The molecule has 0 saturated heterocycles. The van der Waals surface area contributed by atoms with Gasteiger partial charge in [-0.3, -0.25) is 17.8 Å². The Balaban J connectivity index is 1.76. The van der Waals surface area contributed by atoms with Crippen LogP contribution in [0.25, 0.3) is 10.8 Å². The molecule has 0 aliphatic carbocycles. The number of anilines is 1. The van der Waals surface area contributed by atoms with Crippen LogP contribution in [0.5, 0.6) is 5.75 Å². The quantitative estimate of drug-likeness (QED) is 0.0533. The zero-order valence-electron chi connectivity index (χ0n) is 27.4. The van der Waals surface area contributed by atoms with Crippen LogP contribution in [-0.2, 0) is 88.8 Å². The van der Waals surface area contributed by atoms with Crippen LogP contribution in [0.1, 0.15) is 0 Å². The van der Waals surface area contributed by atoms with E-state index in [0.717, 1.165) is 48.5 Å². The van der Waals surface area contributed by atoms with Crippen LogP contribution in [0, 0.1) is 0 Å². The largest absolute Gasteiger partial charge is 0.505 e. The lowest BCUT2D eigenvalue weighted by molar-refractivity contribution is 0.284. The molecule has 0 aliphatic heterocycles. The van der Waals surface area contributed by atoms with E-state index in [0.29, 0.717) is 12.1 Å². The van der Waals surface area contributed by atoms with Gasteiger partial charge in [0.1, 0.15) is 28.9 Å². The Morgan fingerprint density at radius 2 is 0.982 bits per heavy atom. The van der Waals surface area contributed by atoms with E-state index in [9.17, 15) is 60.9 Å². The second kappa shape index (κ2) is 16.6. The molecule has 0 spiro atoms. The molecule has 0 radical (unpaired) electrons. The summed E-state index contributed by atoms with van der Waals surface area (Å²) < 4.78 is 168. The molecule has 4 aromatic rings. The van der Waals surface area contributed by atoms with E-state index in [1.807, 2.05) is 0 Å². The molecule has 0 saturated carbocycles. The molecule has 0 heterocycles. The van der Waals surface area contributed by atoms with Crippen molar-refractivity contribution in [2.24, 2.45) is 20.5 Å². The highest BCUT2D eigenvalue weighted by atomic mass is 33.1. The number of nitrogen functional groups attached to an aromatic ring is 1. The summed E-state index contributed by atoms with van der Waals surface area (Å²) in [6, 6.07) is 9.94. The first-order chi connectivity index (χ1) is 25.6. The second-order valence-electron chi connectivity index (χ2n) is 10.8. The standard InChI is InChI=1S/C26H25N5O17S8/c27-23-22-15(13-20(53(37,38)39)24(23)30-28-16-1-5-19(6-2-16)52(35,36)12-10-48-56(46,49)50)14-21(54(40,41)42)25(26(22)32)31-29-17-3-7-18(8-4-17)51(33,34)11-9-47-55(43,44)45/h1-8,13-14,32H,9-12,27H2,(H,37,38,39)(H,40,41,42)(H,43,44,45)(H,46,49,50). The first kappa shape index (κ1) is 44.9. The molecule has 30 heteroatoms. The van der Waals surface area contributed by atoms with Gasteiger partial charge in [0.2, 0.25) is 0 Å². The minimum atomic E-state index is -5.27. The van der Waals surface area contributed by atoms with Gasteiger partial charge >= 0.3 is 10.4 Å². The van der Waals surface area contributed by atoms with E-state index in [2.05, 4.69) is 47.0 Å². The molecule has 0 bridgehead atoms. The smallest absolute Gasteiger partial charge is 0.397 e. The van der Waals surface area contributed by atoms with Gasteiger partial charge < -0.3 is 15.4 Å². The summed E-state index contributed by atoms with van der Waals surface area (Å²) in [6.45, 7) is -1.40. The van der Waals surface area contributed by atoms with Crippen molar-refractivity contribution >= 4 is 120 Å². The Morgan fingerprint density at radius 1 is 0.589 bits per heavy atom. The van der Waals surface area contributed by atoms with E-state index in [1.165, 1.54) is 0 Å². The summed E-state index contributed by atoms with van der Waals surface area (Å²) in [5, 5.41) is 25.2. The van der Waals surface area contributed by atoms with Gasteiger partial charge in [-0.1, -0.05) is 0 Å². The number of phenols is 1. The van der Waals surface area contributed by atoms with E-state index in [-0.39, 0.29) is 21.2 Å². The monoisotopic (exact) mass is 935 g/mol. The maximum atomic E-state index is 12.6. The number of azo groups is 2. The van der Waals surface area contributed by atoms with Gasteiger partial charge in [0, 0.05) is 22.4 Å². The summed E-state index contributed by atoms with van der Waals surface area (Å²) in [6.07, 6.45) is 0. The number of fused-ring (bicyclic) bond motifs is 1. The van der Waals surface area contributed by atoms with Gasteiger partial charge in [0.05, 0.1) is 57.0 Å². The zero-order chi connectivity index (χ0) is 42.1. The van der Waals surface area contributed by atoms with Gasteiger partial charge in [-0.05, 0) is 66.0 Å². The SMILES string of the molecule is Nc1c(N=Nc2ccc(S(=O)(=O)CCOS(O)(=S)=S)cc2)c(S(=O)(=O)O)cc2cc(S(=O)(=O)O)c(N=Nc3ccc(S(=O)(=O)CCOS(=O)(=O)O)cc3)c(O)c12. The molecule has 0 aromatic heterocycles. The maximum absolute atomic E-state index is 12.6. The number of hydrogen-bond acceptors (Lipinski definition) is 20. The van der Waals surface area contributed by atoms with Crippen molar-refractivity contribution in [1.82, 2.24) is 0 Å². The van der Waals surface area contributed by atoms with Crippen molar-refractivity contribution in [2.75, 3.05) is 30.5 Å². The van der Waals surface area contributed by atoms with Crippen molar-refractivity contribution in [3.63, 3.8) is 0 Å². The van der Waals surface area contributed by atoms with Crippen LogP contribution in [0.3, 0.4) is 0 Å². The van der Waals surface area contributed by atoms with E-state index in [4.69, 9.17) is 14.5 Å². The molecular formula is C26H25N5O17S8. The molecule has 0 fully saturated rings. The van der Waals surface area contributed by atoms with E-state index in [1.54, 1.807) is 0 Å². The molecule has 22 nitrogen and oxygen atoms in total. The lowest BCUT2D eigenvalue weighted by Gasteiger charge is -2.14. The number of aromatic hydroxyl groups is 1. The van der Waals surface area contributed by atoms with Gasteiger partial charge in [0.15, 0.2) is 25.4 Å². The Morgan fingerprint density at radius 3 is 1.38 bits per heavy atom. The third-order valence-corrected chi connectivity index (χ3v) is 13.6. The maximum Gasteiger partial charge on any atom is 0.397 e. The molecule has 0 unspecified atom stereocenters. The van der Waals surface area contributed by atoms with Gasteiger partial charge in [-0.15, -0.1) is 10.2 Å². The molecule has 304 valence electrons. The molecule has 4 aromatic carbocycles. The first-order valence-electron chi connectivity index (χ1n) is 14.4. The number of hydrogen-bond donors (Lipinski definition) is 6. The van der Waals surface area contributed by atoms with Crippen LogP contribution in [0.15, 0.2) is 101 Å². The highest BCUT2D eigenvalue weighted by molar-refractivity contribution is 8.51. The molecule has 0 aliphatic rings. The summed E-state index contributed by atoms with van der Waals surface area (Å²) in [4.78, 5) is -2.73. The fourth-order valence-corrected chi connectivity index (χ4v) is 9.21. The van der Waals surface area contributed by atoms with Gasteiger partial charge in [-0.2, -0.15) is 35.5 Å². The van der Waals surface area contributed by atoms with Gasteiger partial charge in [0.25, 0.3) is 20.2 Å². The third-order valence-electron chi connectivity index (χ3n) is 6.96. The Hall–Kier alpha value is -3.76.